The molecule has 1 nitrogen and oxygen atoms in total. The summed E-state index contributed by atoms with van der Waals surface area (Å²) in [7, 11) is 0. The number of rotatable bonds is 4. The summed E-state index contributed by atoms with van der Waals surface area (Å²) in [6, 6.07) is 63.8. The van der Waals surface area contributed by atoms with Gasteiger partial charge in [-0.25, -0.2) is 0 Å². The van der Waals surface area contributed by atoms with Gasteiger partial charge in [0, 0.05) is 77.3 Å². The van der Waals surface area contributed by atoms with Crippen molar-refractivity contribution in [2.45, 2.75) is 12.3 Å². The fraction of sp³-hybridized carbons (Fsp3) is 0.0400. The van der Waals surface area contributed by atoms with E-state index in [2.05, 4.69) is 182 Å². The molecule has 0 bridgehead atoms. The van der Waals surface area contributed by atoms with Gasteiger partial charge < -0.3 is 4.90 Å². The Balaban J connectivity index is 1.19. The Kier molecular flexibility index (Phi) is 6.45. The van der Waals surface area contributed by atoms with Crippen molar-refractivity contribution in [3.8, 4) is 11.1 Å². The third kappa shape index (κ3) is 4.24. The number of benzene rings is 8. The minimum absolute atomic E-state index is 0.331. The Bertz CT molecular complexity index is 3160. The van der Waals surface area contributed by atoms with Crippen molar-refractivity contribution in [3.05, 3.63) is 187 Å². The van der Waals surface area contributed by atoms with E-state index in [4.69, 9.17) is 0 Å². The molecular weight excluding hydrogens is 711 g/mol. The van der Waals surface area contributed by atoms with Crippen LogP contribution >= 0.6 is 34.0 Å². The van der Waals surface area contributed by atoms with E-state index >= 15 is 0 Å². The van der Waals surface area contributed by atoms with Crippen LogP contribution in [0.2, 0.25) is 0 Å². The van der Waals surface area contributed by atoms with Crippen molar-refractivity contribution >= 4 is 112 Å². The van der Waals surface area contributed by atoms with Gasteiger partial charge in [0.2, 0.25) is 0 Å². The second kappa shape index (κ2) is 11.4. The van der Waals surface area contributed by atoms with Gasteiger partial charge in [-0.3, -0.25) is 0 Å². The SMILES string of the molecule is CC1(c2cc(N(c3ccc4c(c3)sc3ccccc34)c3ccc4c(c3)sc3ccccc34)c3c(c2)sc2ccccc23)c2ccccc2-c2ccccc21. The molecule has 1 aliphatic carbocycles. The fourth-order valence-electron chi connectivity index (χ4n) is 9.20. The monoisotopic (exact) mass is 741 g/mol. The highest BCUT2D eigenvalue weighted by atomic mass is 32.1. The lowest BCUT2D eigenvalue weighted by Gasteiger charge is -2.32. The number of nitrogens with zero attached hydrogens (tertiary/aromatic N) is 1. The molecule has 11 aromatic rings. The summed E-state index contributed by atoms with van der Waals surface area (Å²) in [6.07, 6.45) is 0. The lowest BCUT2D eigenvalue weighted by atomic mass is 9.74. The van der Waals surface area contributed by atoms with Crippen molar-refractivity contribution in [2.75, 3.05) is 4.90 Å². The number of hydrogen-bond donors (Lipinski definition) is 0. The second-order valence-corrected chi connectivity index (χ2v) is 17.8. The van der Waals surface area contributed by atoms with E-state index in [1.807, 2.05) is 34.0 Å². The van der Waals surface area contributed by atoms with E-state index in [-0.39, 0.29) is 5.41 Å². The van der Waals surface area contributed by atoms with Crippen LogP contribution < -0.4 is 4.90 Å². The van der Waals surface area contributed by atoms with Crippen LogP contribution in [0.1, 0.15) is 23.6 Å². The van der Waals surface area contributed by atoms with Crippen molar-refractivity contribution in [3.63, 3.8) is 0 Å². The predicted octanol–water partition coefficient (Wildman–Crippen LogP) is 15.6. The van der Waals surface area contributed by atoms with Gasteiger partial charge in [0.1, 0.15) is 0 Å². The van der Waals surface area contributed by atoms with E-state index in [0.717, 1.165) is 0 Å². The number of anilines is 3. The molecule has 12 rings (SSSR count). The summed E-state index contributed by atoms with van der Waals surface area (Å²) in [5.41, 5.74) is 9.91. The Morgan fingerprint density at radius 2 is 0.833 bits per heavy atom. The van der Waals surface area contributed by atoms with Crippen LogP contribution in [0.25, 0.3) is 71.6 Å². The molecule has 3 heterocycles. The van der Waals surface area contributed by atoms with Gasteiger partial charge >= 0.3 is 0 Å². The molecule has 0 radical (unpaired) electrons. The van der Waals surface area contributed by atoms with Crippen LogP contribution in [0.15, 0.2) is 170 Å². The Labute approximate surface area is 324 Å². The molecule has 0 spiro atoms. The standard InChI is InChI=1S/C50H31NS3/c1-50(40-17-7-2-12-33(40)34-13-3-8-18-41(34)50)30-26-42(49-39-16-6-11-21-45(39)54-48(49)27-30)51(31-22-24-37-35-14-4-9-19-43(35)52-46(37)28-31)32-23-25-38-36-15-5-10-20-44(36)53-47(38)29-32/h2-29H,1H3. The summed E-state index contributed by atoms with van der Waals surface area (Å²) in [4.78, 5) is 2.55. The van der Waals surface area contributed by atoms with Crippen molar-refractivity contribution < 1.29 is 0 Å². The maximum atomic E-state index is 2.55. The number of thiophene rings is 3. The van der Waals surface area contributed by atoms with Crippen molar-refractivity contribution in [1.82, 2.24) is 0 Å². The zero-order valence-electron chi connectivity index (χ0n) is 29.3. The van der Waals surface area contributed by atoms with Gasteiger partial charge in [0.15, 0.2) is 0 Å². The van der Waals surface area contributed by atoms with Crippen LogP contribution in [-0.4, -0.2) is 0 Å². The minimum atomic E-state index is -0.331. The summed E-state index contributed by atoms with van der Waals surface area (Å²) in [6.45, 7) is 2.44. The van der Waals surface area contributed by atoms with Crippen molar-refractivity contribution in [2.24, 2.45) is 0 Å². The first-order valence-corrected chi connectivity index (χ1v) is 20.9. The quantitative estimate of drug-likeness (QED) is 0.174. The average molecular weight is 742 g/mol. The summed E-state index contributed by atoms with van der Waals surface area (Å²) in [5.74, 6) is 0. The number of fused-ring (bicyclic) bond motifs is 12. The molecule has 0 saturated heterocycles. The molecule has 0 unspecified atom stereocenters. The Morgan fingerprint density at radius 1 is 0.389 bits per heavy atom. The zero-order valence-corrected chi connectivity index (χ0v) is 31.8. The molecule has 0 saturated carbocycles. The summed E-state index contributed by atoms with van der Waals surface area (Å²) < 4.78 is 7.86. The molecule has 0 N–H and O–H groups in total. The smallest absolute Gasteiger partial charge is 0.0558 e. The third-order valence-electron chi connectivity index (χ3n) is 11.7. The lowest BCUT2D eigenvalue weighted by Crippen LogP contribution is -2.23. The van der Waals surface area contributed by atoms with Gasteiger partial charge in [-0.05, 0) is 89.3 Å². The third-order valence-corrected chi connectivity index (χ3v) is 15.1. The van der Waals surface area contributed by atoms with Crippen LogP contribution in [0.5, 0.6) is 0 Å². The topological polar surface area (TPSA) is 3.24 Å². The van der Waals surface area contributed by atoms with Gasteiger partial charge in [-0.2, -0.15) is 0 Å². The minimum Gasteiger partial charge on any atom is -0.310 e. The lowest BCUT2D eigenvalue weighted by molar-refractivity contribution is 0.715. The fourth-order valence-corrected chi connectivity index (χ4v) is 12.6. The molecule has 0 amide bonds. The Morgan fingerprint density at radius 3 is 1.41 bits per heavy atom. The normalized spacial score (nSPS) is 13.4. The predicted molar refractivity (Wildman–Crippen MR) is 237 cm³/mol. The van der Waals surface area contributed by atoms with E-state index in [1.165, 1.54) is 105 Å². The van der Waals surface area contributed by atoms with Crippen LogP contribution in [0.4, 0.5) is 17.1 Å². The highest BCUT2D eigenvalue weighted by Crippen LogP contribution is 2.55. The molecule has 54 heavy (non-hydrogen) atoms. The molecule has 4 heteroatoms. The average Bonchev–Trinajstić information content (AvgIpc) is 3.96. The molecule has 0 fully saturated rings. The molecule has 1 aliphatic rings. The van der Waals surface area contributed by atoms with E-state index in [0.29, 0.717) is 0 Å². The highest BCUT2D eigenvalue weighted by Gasteiger charge is 2.41. The molecule has 254 valence electrons. The van der Waals surface area contributed by atoms with Gasteiger partial charge in [-0.15, -0.1) is 34.0 Å². The van der Waals surface area contributed by atoms with E-state index in [1.54, 1.807) is 0 Å². The molecule has 0 atom stereocenters. The zero-order chi connectivity index (χ0) is 35.5. The maximum absolute atomic E-state index is 2.55. The molecule has 8 aromatic carbocycles. The highest BCUT2D eigenvalue weighted by molar-refractivity contribution is 7.26. The molecule has 3 aromatic heterocycles. The van der Waals surface area contributed by atoms with Crippen LogP contribution in [0.3, 0.4) is 0 Å². The molecular formula is C50H31NS3. The summed E-state index contributed by atoms with van der Waals surface area (Å²) >= 11 is 5.67. The number of hydrogen-bond acceptors (Lipinski definition) is 4. The first kappa shape index (κ1) is 30.7. The van der Waals surface area contributed by atoms with E-state index in [9.17, 15) is 0 Å². The van der Waals surface area contributed by atoms with Crippen molar-refractivity contribution in [1.29, 1.82) is 0 Å². The Hall–Kier alpha value is -5.78. The van der Waals surface area contributed by atoms with Gasteiger partial charge in [0.05, 0.1) is 5.69 Å². The van der Waals surface area contributed by atoms with Crippen LogP contribution in [0, 0.1) is 0 Å². The summed E-state index contributed by atoms with van der Waals surface area (Å²) in [5, 5.41) is 7.86. The van der Waals surface area contributed by atoms with Gasteiger partial charge in [-0.1, -0.05) is 115 Å². The van der Waals surface area contributed by atoms with Gasteiger partial charge in [0.25, 0.3) is 0 Å². The largest absolute Gasteiger partial charge is 0.310 e. The molecule has 0 aliphatic heterocycles. The first-order valence-electron chi connectivity index (χ1n) is 18.4. The maximum Gasteiger partial charge on any atom is 0.0558 e. The van der Waals surface area contributed by atoms with E-state index < -0.39 is 0 Å². The van der Waals surface area contributed by atoms with Crippen LogP contribution in [-0.2, 0) is 5.41 Å². The second-order valence-electron chi connectivity index (χ2n) is 14.6. The first-order chi connectivity index (χ1) is 26.6.